The van der Waals surface area contributed by atoms with E-state index in [0.717, 1.165) is 4.88 Å². The lowest BCUT2D eigenvalue weighted by Gasteiger charge is -2.20. The van der Waals surface area contributed by atoms with Crippen molar-refractivity contribution in [3.8, 4) is 0 Å². The number of carbonyl (C=O) groups excluding carboxylic acids is 4. The van der Waals surface area contributed by atoms with Crippen molar-refractivity contribution < 1.29 is 23.9 Å². The lowest BCUT2D eigenvalue weighted by molar-refractivity contribution is -0.129. The molecule has 0 spiro atoms. The fourth-order valence-corrected chi connectivity index (χ4v) is 4.04. The first-order valence-electron chi connectivity index (χ1n) is 9.50. The van der Waals surface area contributed by atoms with E-state index in [9.17, 15) is 19.2 Å². The zero-order valence-electron chi connectivity index (χ0n) is 16.5. The first kappa shape index (κ1) is 20.5. The molecule has 1 aliphatic rings. The Kier molecular flexibility index (Phi) is 5.39. The number of nitrogens with two attached hydrogens (primary N) is 1. The second-order valence-electron chi connectivity index (χ2n) is 7.00. The Bertz CT molecular complexity index is 1220. The number of hydrogen-bond acceptors (Lipinski definition) is 7. The second kappa shape index (κ2) is 8.16. The summed E-state index contributed by atoms with van der Waals surface area (Å²) in [5, 5.41) is 4.59. The molecule has 1 amide bonds. The predicted octanol–water partition coefficient (Wildman–Crippen LogP) is 2.97. The van der Waals surface area contributed by atoms with Crippen molar-refractivity contribution in [2.45, 2.75) is 19.6 Å². The van der Waals surface area contributed by atoms with Crippen molar-refractivity contribution in [2.24, 2.45) is 0 Å². The molecule has 1 aromatic heterocycles. The summed E-state index contributed by atoms with van der Waals surface area (Å²) in [5.41, 5.74) is 6.56. The Hall–Kier alpha value is -3.78. The number of rotatable bonds is 5. The lowest BCUT2D eigenvalue weighted by Crippen LogP contribution is -2.35. The molecule has 8 heteroatoms. The van der Waals surface area contributed by atoms with Gasteiger partial charge in [-0.2, -0.15) is 0 Å². The van der Waals surface area contributed by atoms with Gasteiger partial charge in [0.1, 0.15) is 0 Å². The van der Waals surface area contributed by atoms with Gasteiger partial charge >= 0.3 is 5.97 Å². The van der Waals surface area contributed by atoms with Crippen LogP contribution in [0.25, 0.3) is 0 Å². The third kappa shape index (κ3) is 3.73. The molecule has 1 atom stereocenters. The number of thiophene rings is 1. The number of benzene rings is 2. The van der Waals surface area contributed by atoms with Crippen LogP contribution in [0.4, 0.5) is 5.69 Å². The maximum Gasteiger partial charge on any atom is 0.341 e. The van der Waals surface area contributed by atoms with Gasteiger partial charge in [0.05, 0.1) is 23.4 Å². The smallest absolute Gasteiger partial charge is 0.341 e. The summed E-state index contributed by atoms with van der Waals surface area (Å²) >= 11 is 1.50. The lowest BCUT2D eigenvalue weighted by atomic mass is 9.82. The van der Waals surface area contributed by atoms with Crippen LogP contribution in [0.3, 0.4) is 0 Å². The summed E-state index contributed by atoms with van der Waals surface area (Å²) in [5.74, 6) is -2.08. The van der Waals surface area contributed by atoms with Crippen LogP contribution >= 0.6 is 11.3 Å². The fourth-order valence-electron chi connectivity index (χ4n) is 3.40. The molecule has 4 rings (SSSR count). The second-order valence-corrected chi connectivity index (χ2v) is 8.03. The first-order chi connectivity index (χ1) is 14.9. The minimum absolute atomic E-state index is 0.0204. The Morgan fingerprint density at radius 2 is 1.71 bits per heavy atom. The molecule has 0 bridgehead atoms. The van der Waals surface area contributed by atoms with Gasteiger partial charge in [-0.1, -0.05) is 30.3 Å². The number of nitrogens with one attached hydrogen (secondary N) is 1. The maximum atomic E-state index is 12.9. The number of carbonyl (C=O) groups is 4. The van der Waals surface area contributed by atoms with Crippen molar-refractivity contribution in [1.82, 2.24) is 5.32 Å². The topological polar surface area (TPSA) is 116 Å². The van der Waals surface area contributed by atoms with E-state index in [4.69, 9.17) is 10.5 Å². The summed E-state index contributed by atoms with van der Waals surface area (Å²) in [4.78, 5) is 51.5. The maximum absolute atomic E-state index is 12.9. The summed E-state index contributed by atoms with van der Waals surface area (Å²) in [6.07, 6.45) is -1.07. The normalized spacial score (nSPS) is 13.2. The molecule has 1 unspecified atom stereocenters. The highest BCUT2D eigenvalue weighted by molar-refractivity contribution is 7.09. The van der Waals surface area contributed by atoms with E-state index in [1.807, 2.05) is 17.5 Å². The Morgan fingerprint density at radius 1 is 1.00 bits per heavy atom. The Morgan fingerprint density at radius 3 is 2.39 bits per heavy atom. The van der Waals surface area contributed by atoms with E-state index < -0.39 is 23.8 Å². The molecule has 0 aliphatic heterocycles. The molecule has 1 heterocycles. The molecule has 31 heavy (non-hydrogen) atoms. The van der Waals surface area contributed by atoms with Crippen LogP contribution < -0.4 is 11.1 Å². The molecule has 3 aromatic rings. The number of amides is 1. The highest BCUT2D eigenvalue weighted by atomic mass is 32.1. The third-order valence-electron chi connectivity index (χ3n) is 5.02. The van der Waals surface area contributed by atoms with Crippen molar-refractivity contribution in [1.29, 1.82) is 0 Å². The average Bonchev–Trinajstić information content (AvgIpc) is 3.29. The molecule has 1 aliphatic carbocycles. The van der Waals surface area contributed by atoms with E-state index in [0.29, 0.717) is 12.1 Å². The fraction of sp³-hybridized carbons (Fsp3) is 0.130. The number of anilines is 1. The van der Waals surface area contributed by atoms with Gasteiger partial charge in [-0.3, -0.25) is 14.4 Å². The molecular weight excluding hydrogens is 416 g/mol. The summed E-state index contributed by atoms with van der Waals surface area (Å²) < 4.78 is 5.25. The molecule has 156 valence electrons. The van der Waals surface area contributed by atoms with E-state index >= 15 is 0 Å². The summed E-state index contributed by atoms with van der Waals surface area (Å²) in [6, 6.07) is 12.9. The Labute approximate surface area is 181 Å². The van der Waals surface area contributed by atoms with Gasteiger partial charge in [0.15, 0.2) is 17.7 Å². The van der Waals surface area contributed by atoms with Crippen molar-refractivity contribution in [3.05, 3.63) is 86.6 Å². The minimum atomic E-state index is -1.07. The average molecular weight is 434 g/mol. The number of hydrogen-bond donors (Lipinski definition) is 2. The van der Waals surface area contributed by atoms with E-state index in [-0.39, 0.29) is 33.7 Å². The molecule has 0 saturated carbocycles. The number of fused-ring (bicyclic) bond motifs is 2. The van der Waals surface area contributed by atoms with Crippen LogP contribution in [0.2, 0.25) is 0 Å². The molecule has 0 radical (unpaired) electrons. The van der Waals surface area contributed by atoms with Crippen LogP contribution in [-0.2, 0) is 16.1 Å². The zero-order chi connectivity index (χ0) is 22.1. The molecule has 0 fully saturated rings. The van der Waals surface area contributed by atoms with Gasteiger partial charge in [-0.15, -0.1) is 11.3 Å². The van der Waals surface area contributed by atoms with Crippen molar-refractivity contribution in [2.75, 3.05) is 5.73 Å². The quantitative estimate of drug-likeness (QED) is 0.369. The molecule has 2 aromatic carbocycles. The zero-order valence-corrected chi connectivity index (χ0v) is 17.3. The SMILES string of the molecule is CC(OC(=O)c1ccc2c(c1N)C(=O)c1ccccc1C2=O)C(=O)NCc1cccs1. The number of ketones is 2. The van der Waals surface area contributed by atoms with E-state index in [1.54, 1.807) is 24.3 Å². The van der Waals surface area contributed by atoms with Crippen LogP contribution in [-0.4, -0.2) is 29.5 Å². The van der Waals surface area contributed by atoms with Gasteiger partial charge in [0.2, 0.25) is 0 Å². The predicted molar refractivity (Wildman–Crippen MR) is 115 cm³/mol. The first-order valence-corrected chi connectivity index (χ1v) is 10.4. The molecule has 7 nitrogen and oxygen atoms in total. The number of nitrogen functional groups attached to an aromatic ring is 1. The van der Waals surface area contributed by atoms with Gasteiger partial charge < -0.3 is 15.8 Å². The van der Waals surface area contributed by atoms with Crippen molar-refractivity contribution >= 4 is 40.5 Å². The monoisotopic (exact) mass is 434 g/mol. The Balaban J connectivity index is 1.54. The van der Waals surface area contributed by atoms with Gasteiger partial charge in [-0.25, -0.2) is 4.79 Å². The van der Waals surface area contributed by atoms with Crippen LogP contribution in [0, 0.1) is 0 Å². The molecule has 0 saturated heterocycles. The van der Waals surface area contributed by atoms with Crippen LogP contribution in [0.1, 0.15) is 54.0 Å². The standard InChI is InChI=1S/C23H18N2O5S/c1-12(22(28)25-11-13-5-4-10-31-13)30-23(29)17-9-8-16-18(19(17)24)21(27)15-7-3-2-6-14(15)20(16)26/h2-10,12H,11,24H2,1H3,(H,25,28). The minimum Gasteiger partial charge on any atom is -0.449 e. The molecular formula is C23H18N2O5S. The van der Waals surface area contributed by atoms with E-state index in [2.05, 4.69) is 5.32 Å². The highest BCUT2D eigenvalue weighted by Gasteiger charge is 2.33. The van der Waals surface area contributed by atoms with Gasteiger partial charge in [0, 0.05) is 21.6 Å². The van der Waals surface area contributed by atoms with E-state index in [1.165, 1.54) is 30.4 Å². The van der Waals surface area contributed by atoms with Crippen LogP contribution in [0.5, 0.6) is 0 Å². The number of ether oxygens (including phenoxy) is 1. The van der Waals surface area contributed by atoms with Crippen LogP contribution in [0.15, 0.2) is 53.9 Å². The van der Waals surface area contributed by atoms with Gasteiger partial charge in [-0.05, 0) is 30.5 Å². The number of esters is 1. The molecule has 3 N–H and O–H groups in total. The van der Waals surface area contributed by atoms with Crippen molar-refractivity contribution in [3.63, 3.8) is 0 Å². The van der Waals surface area contributed by atoms with Gasteiger partial charge in [0.25, 0.3) is 5.91 Å². The summed E-state index contributed by atoms with van der Waals surface area (Å²) in [7, 11) is 0. The summed E-state index contributed by atoms with van der Waals surface area (Å²) in [6.45, 7) is 1.77. The highest BCUT2D eigenvalue weighted by Crippen LogP contribution is 2.33. The largest absolute Gasteiger partial charge is 0.449 e. The third-order valence-corrected chi connectivity index (χ3v) is 5.90.